The van der Waals surface area contributed by atoms with Crippen LogP contribution in [-0.4, -0.2) is 31.1 Å². The van der Waals surface area contributed by atoms with Gasteiger partial charge in [-0.25, -0.2) is 4.79 Å². The summed E-state index contributed by atoms with van der Waals surface area (Å²) in [6, 6.07) is 9.02. The van der Waals surface area contributed by atoms with Gasteiger partial charge in [0.15, 0.2) is 6.61 Å². The number of nitrogens with one attached hydrogen (secondary N) is 2. The molecule has 0 bridgehead atoms. The zero-order valence-corrected chi connectivity index (χ0v) is 14.5. The van der Waals surface area contributed by atoms with E-state index >= 15 is 0 Å². The zero-order valence-electron chi connectivity index (χ0n) is 14.5. The number of esters is 1. The molecule has 0 aliphatic heterocycles. The lowest BCUT2D eigenvalue weighted by atomic mass is 9.98. The summed E-state index contributed by atoms with van der Waals surface area (Å²) >= 11 is 0. The van der Waals surface area contributed by atoms with Gasteiger partial charge in [-0.2, -0.15) is 0 Å². The molecule has 24 heavy (non-hydrogen) atoms. The monoisotopic (exact) mass is 334 g/mol. The number of ether oxygens (including phenoxy) is 1. The molecular formula is C18H26N2O4. The zero-order chi connectivity index (χ0) is 17.9. The van der Waals surface area contributed by atoms with Crippen molar-refractivity contribution in [2.75, 3.05) is 13.2 Å². The lowest BCUT2D eigenvalue weighted by molar-refractivity contribution is -0.148. The van der Waals surface area contributed by atoms with E-state index in [4.69, 9.17) is 4.74 Å². The number of imide groups is 1. The smallest absolute Gasteiger partial charge is 0.321 e. The van der Waals surface area contributed by atoms with E-state index in [9.17, 15) is 14.4 Å². The largest absolute Gasteiger partial charge is 0.456 e. The molecule has 6 nitrogen and oxygen atoms in total. The van der Waals surface area contributed by atoms with E-state index in [1.807, 2.05) is 51.1 Å². The molecule has 6 heteroatoms. The first-order valence-corrected chi connectivity index (χ1v) is 8.16. The summed E-state index contributed by atoms with van der Waals surface area (Å²) < 4.78 is 4.91. The lowest BCUT2D eigenvalue weighted by Crippen LogP contribution is -2.42. The number of rotatable bonds is 8. The third kappa shape index (κ3) is 8.31. The highest BCUT2D eigenvalue weighted by molar-refractivity contribution is 5.95. The van der Waals surface area contributed by atoms with Gasteiger partial charge >= 0.3 is 12.0 Å². The van der Waals surface area contributed by atoms with Crippen molar-refractivity contribution in [1.82, 2.24) is 10.6 Å². The van der Waals surface area contributed by atoms with Crippen molar-refractivity contribution in [3.63, 3.8) is 0 Å². The number of benzene rings is 1. The van der Waals surface area contributed by atoms with E-state index in [-0.39, 0.29) is 12.3 Å². The van der Waals surface area contributed by atoms with Gasteiger partial charge in [-0.3, -0.25) is 14.9 Å². The fraction of sp³-hybridized carbons (Fsp3) is 0.500. The average molecular weight is 334 g/mol. The predicted octanol–water partition coefficient (Wildman–Crippen LogP) is 2.60. The number of hydrogen-bond donors (Lipinski definition) is 2. The van der Waals surface area contributed by atoms with Crippen LogP contribution in [0.4, 0.5) is 4.79 Å². The molecule has 0 aliphatic carbocycles. The summed E-state index contributed by atoms with van der Waals surface area (Å²) in [6.45, 7) is 6.03. The van der Waals surface area contributed by atoms with Crippen LogP contribution in [0, 0.1) is 5.92 Å². The first kappa shape index (κ1) is 19.7. The number of amides is 3. The van der Waals surface area contributed by atoms with Crippen molar-refractivity contribution >= 4 is 17.9 Å². The first-order chi connectivity index (χ1) is 11.4. The molecule has 1 rings (SSSR count). The van der Waals surface area contributed by atoms with Crippen molar-refractivity contribution in [2.45, 2.75) is 39.5 Å². The van der Waals surface area contributed by atoms with Crippen LogP contribution in [0.1, 0.15) is 45.1 Å². The van der Waals surface area contributed by atoms with Crippen molar-refractivity contribution in [2.24, 2.45) is 5.92 Å². The summed E-state index contributed by atoms with van der Waals surface area (Å²) in [7, 11) is 0. The summed E-state index contributed by atoms with van der Waals surface area (Å²) in [6.07, 6.45) is 1.01. The van der Waals surface area contributed by atoms with Crippen LogP contribution >= 0.6 is 0 Å². The van der Waals surface area contributed by atoms with E-state index < -0.39 is 24.5 Å². The van der Waals surface area contributed by atoms with E-state index in [1.165, 1.54) is 0 Å². The van der Waals surface area contributed by atoms with E-state index in [1.54, 1.807) is 0 Å². The average Bonchev–Trinajstić information content (AvgIpc) is 2.53. The first-order valence-electron chi connectivity index (χ1n) is 8.16. The molecule has 1 aromatic carbocycles. The second-order valence-electron chi connectivity index (χ2n) is 6.16. The Labute approximate surface area is 143 Å². The normalized spacial score (nSPS) is 11.7. The van der Waals surface area contributed by atoms with Crippen molar-refractivity contribution in [3.05, 3.63) is 35.9 Å². The summed E-state index contributed by atoms with van der Waals surface area (Å²) in [5.74, 6) is -0.644. The summed E-state index contributed by atoms with van der Waals surface area (Å²) in [5, 5.41) is 4.70. The van der Waals surface area contributed by atoms with Gasteiger partial charge in [0.05, 0.1) is 6.42 Å². The maximum Gasteiger partial charge on any atom is 0.321 e. The Morgan fingerprint density at radius 2 is 1.75 bits per heavy atom. The molecule has 0 aliphatic rings. The Morgan fingerprint density at radius 1 is 1.08 bits per heavy atom. The van der Waals surface area contributed by atoms with Crippen LogP contribution in [0.3, 0.4) is 0 Å². The summed E-state index contributed by atoms with van der Waals surface area (Å²) in [5.41, 5.74) is 1.03. The van der Waals surface area contributed by atoms with E-state index in [0.29, 0.717) is 12.5 Å². The molecular weight excluding hydrogens is 308 g/mol. The number of carbonyl (C=O) groups excluding carboxylic acids is 3. The molecule has 0 aromatic heterocycles. The van der Waals surface area contributed by atoms with Crippen molar-refractivity contribution < 1.29 is 19.1 Å². The number of carbonyl (C=O) groups is 3. The van der Waals surface area contributed by atoms with E-state index in [2.05, 4.69) is 10.6 Å². The second-order valence-corrected chi connectivity index (χ2v) is 6.16. The highest BCUT2D eigenvalue weighted by Crippen LogP contribution is 2.18. The van der Waals surface area contributed by atoms with Gasteiger partial charge in [0.2, 0.25) is 0 Å². The second kappa shape index (κ2) is 10.4. The Kier molecular flexibility index (Phi) is 8.54. The molecule has 2 N–H and O–H groups in total. The molecule has 0 saturated heterocycles. The van der Waals surface area contributed by atoms with Crippen LogP contribution in [0.5, 0.6) is 0 Å². The number of hydrogen-bond acceptors (Lipinski definition) is 4. The van der Waals surface area contributed by atoms with Gasteiger partial charge in [0.1, 0.15) is 0 Å². The maximum atomic E-state index is 11.8. The van der Waals surface area contributed by atoms with Crippen LogP contribution in [0.25, 0.3) is 0 Å². The summed E-state index contributed by atoms with van der Waals surface area (Å²) in [4.78, 5) is 34.8. The standard InChI is InChI=1S/C18H26N2O4/c1-13(2)9-10-19-18(23)20-16(21)12-24-17(22)11-14(3)15-7-5-4-6-8-15/h4-8,13-14H,9-12H2,1-3H3,(H2,19,20,21,23)/t14-/m0/s1. The Morgan fingerprint density at radius 3 is 2.38 bits per heavy atom. The number of urea groups is 1. The van der Waals surface area contributed by atoms with Gasteiger partial charge in [0.25, 0.3) is 5.91 Å². The van der Waals surface area contributed by atoms with Crippen molar-refractivity contribution in [3.8, 4) is 0 Å². The van der Waals surface area contributed by atoms with Gasteiger partial charge in [-0.15, -0.1) is 0 Å². The van der Waals surface area contributed by atoms with Gasteiger partial charge in [0, 0.05) is 6.54 Å². The SMILES string of the molecule is CC(C)CCNC(=O)NC(=O)COC(=O)C[C@H](C)c1ccccc1. The van der Waals surface area contributed by atoms with Gasteiger partial charge < -0.3 is 10.1 Å². The topological polar surface area (TPSA) is 84.5 Å². The molecule has 132 valence electrons. The third-order valence-corrected chi connectivity index (χ3v) is 3.47. The minimum atomic E-state index is -0.641. The lowest BCUT2D eigenvalue weighted by Gasteiger charge is -2.11. The molecule has 3 amide bonds. The molecule has 0 fully saturated rings. The van der Waals surface area contributed by atoms with Crippen LogP contribution in [0.2, 0.25) is 0 Å². The molecule has 0 saturated carbocycles. The fourth-order valence-electron chi connectivity index (χ4n) is 2.04. The minimum Gasteiger partial charge on any atom is -0.456 e. The molecule has 1 atom stereocenters. The van der Waals surface area contributed by atoms with Gasteiger partial charge in [-0.05, 0) is 23.8 Å². The van der Waals surface area contributed by atoms with E-state index in [0.717, 1.165) is 12.0 Å². The molecule has 0 spiro atoms. The highest BCUT2D eigenvalue weighted by atomic mass is 16.5. The molecule has 0 unspecified atom stereocenters. The minimum absolute atomic E-state index is 0.00101. The van der Waals surface area contributed by atoms with Crippen LogP contribution in [-0.2, 0) is 14.3 Å². The molecule has 0 radical (unpaired) electrons. The quantitative estimate of drug-likeness (QED) is 0.716. The third-order valence-electron chi connectivity index (χ3n) is 3.47. The van der Waals surface area contributed by atoms with Gasteiger partial charge in [-0.1, -0.05) is 51.1 Å². The Bertz CT molecular complexity index is 543. The highest BCUT2D eigenvalue weighted by Gasteiger charge is 2.14. The fourth-order valence-corrected chi connectivity index (χ4v) is 2.04. The predicted molar refractivity (Wildman–Crippen MR) is 91.4 cm³/mol. The van der Waals surface area contributed by atoms with Crippen LogP contribution < -0.4 is 10.6 Å². The Balaban J connectivity index is 2.23. The molecule has 1 aromatic rings. The van der Waals surface area contributed by atoms with Crippen molar-refractivity contribution in [1.29, 1.82) is 0 Å². The Hall–Kier alpha value is -2.37. The maximum absolute atomic E-state index is 11.8. The van der Waals surface area contributed by atoms with Crippen LogP contribution in [0.15, 0.2) is 30.3 Å². The molecule has 0 heterocycles.